The van der Waals surface area contributed by atoms with Crippen molar-refractivity contribution in [1.29, 1.82) is 0 Å². The third-order valence-electron chi connectivity index (χ3n) is 3.74. The number of halogens is 1. The summed E-state index contributed by atoms with van der Waals surface area (Å²) in [7, 11) is 5.06. The monoisotopic (exact) mass is 455 g/mol. The van der Waals surface area contributed by atoms with Crippen LogP contribution in [-0.2, 0) is 13.1 Å². The van der Waals surface area contributed by atoms with Crippen molar-refractivity contribution >= 4 is 29.9 Å². The molecule has 2 aromatic carbocycles. The van der Waals surface area contributed by atoms with Crippen LogP contribution in [0.1, 0.15) is 16.7 Å². The van der Waals surface area contributed by atoms with Gasteiger partial charge >= 0.3 is 0 Å². The summed E-state index contributed by atoms with van der Waals surface area (Å²) in [4.78, 5) is 4.25. The van der Waals surface area contributed by atoms with Gasteiger partial charge in [0.15, 0.2) is 5.96 Å². The van der Waals surface area contributed by atoms with E-state index in [-0.39, 0.29) is 24.0 Å². The predicted molar refractivity (Wildman–Crippen MR) is 113 cm³/mol. The number of aryl methyl sites for hydroxylation is 1. The number of aliphatic imine (C=N–C) groups is 1. The van der Waals surface area contributed by atoms with E-state index >= 15 is 0 Å². The molecule has 0 aromatic heterocycles. The standard InChI is InChI=1S/C19H25N3O2.HI/c1-14-5-7-15(8-6-14)12-21-19(20-2)22-13-16-9-10-17(23-3)11-18(16)24-4;/h5-11H,12-13H2,1-4H3,(H2,20,21,22);1H. The molecule has 2 rings (SSSR count). The lowest BCUT2D eigenvalue weighted by Crippen LogP contribution is -2.36. The first-order valence-corrected chi connectivity index (χ1v) is 7.87. The summed E-state index contributed by atoms with van der Waals surface area (Å²) in [6.07, 6.45) is 0. The lowest BCUT2D eigenvalue weighted by atomic mass is 10.1. The average molecular weight is 455 g/mol. The zero-order valence-electron chi connectivity index (χ0n) is 15.1. The van der Waals surface area contributed by atoms with Gasteiger partial charge in [0, 0.05) is 31.8 Å². The molecular weight excluding hydrogens is 429 g/mol. The van der Waals surface area contributed by atoms with E-state index in [1.54, 1.807) is 21.3 Å². The molecule has 0 fully saturated rings. The molecular formula is C19H26IN3O2. The fourth-order valence-electron chi connectivity index (χ4n) is 2.29. The molecule has 0 saturated carbocycles. The van der Waals surface area contributed by atoms with Crippen LogP contribution in [0.25, 0.3) is 0 Å². The molecule has 2 aromatic rings. The van der Waals surface area contributed by atoms with E-state index in [2.05, 4.69) is 46.8 Å². The molecule has 0 amide bonds. The van der Waals surface area contributed by atoms with Crippen LogP contribution in [0.3, 0.4) is 0 Å². The average Bonchev–Trinajstić information content (AvgIpc) is 2.63. The highest BCUT2D eigenvalue weighted by Gasteiger charge is 2.06. The van der Waals surface area contributed by atoms with Crippen LogP contribution in [0, 0.1) is 6.92 Å². The normalized spacial score (nSPS) is 10.6. The summed E-state index contributed by atoms with van der Waals surface area (Å²) in [5.74, 6) is 2.31. The Morgan fingerprint density at radius 1 is 0.960 bits per heavy atom. The maximum absolute atomic E-state index is 5.41. The fourth-order valence-corrected chi connectivity index (χ4v) is 2.29. The fraction of sp³-hybridized carbons (Fsp3) is 0.316. The highest BCUT2D eigenvalue weighted by molar-refractivity contribution is 14.0. The molecule has 0 atom stereocenters. The van der Waals surface area contributed by atoms with Gasteiger partial charge in [-0.3, -0.25) is 4.99 Å². The van der Waals surface area contributed by atoms with Gasteiger partial charge in [-0.15, -0.1) is 24.0 Å². The number of nitrogens with zero attached hydrogens (tertiary/aromatic N) is 1. The molecule has 0 unspecified atom stereocenters. The van der Waals surface area contributed by atoms with E-state index in [4.69, 9.17) is 9.47 Å². The van der Waals surface area contributed by atoms with Crippen LogP contribution in [0.4, 0.5) is 0 Å². The molecule has 0 aliphatic carbocycles. The molecule has 2 N–H and O–H groups in total. The van der Waals surface area contributed by atoms with Crippen molar-refractivity contribution in [3.05, 3.63) is 59.2 Å². The first-order valence-electron chi connectivity index (χ1n) is 7.87. The van der Waals surface area contributed by atoms with Crippen molar-refractivity contribution < 1.29 is 9.47 Å². The lowest BCUT2D eigenvalue weighted by molar-refractivity contribution is 0.390. The third-order valence-corrected chi connectivity index (χ3v) is 3.74. The van der Waals surface area contributed by atoms with Crippen LogP contribution in [0.15, 0.2) is 47.5 Å². The quantitative estimate of drug-likeness (QED) is 0.398. The Bertz CT molecular complexity index is 688. The summed E-state index contributed by atoms with van der Waals surface area (Å²) in [5.41, 5.74) is 3.51. The van der Waals surface area contributed by atoms with Gasteiger partial charge < -0.3 is 20.1 Å². The van der Waals surface area contributed by atoms with Crippen molar-refractivity contribution in [2.45, 2.75) is 20.0 Å². The van der Waals surface area contributed by atoms with Crippen molar-refractivity contribution in [1.82, 2.24) is 10.6 Å². The van der Waals surface area contributed by atoms with Crippen molar-refractivity contribution in [2.24, 2.45) is 4.99 Å². The van der Waals surface area contributed by atoms with Crippen LogP contribution in [-0.4, -0.2) is 27.2 Å². The Balaban J connectivity index is 0.00000312. The Hall–Kier alpha value is -1.96. The Morgan fingerprint density at radius 3 is 2.24 bits per heavy atom. The van der Waals surface area contributed by atoms with E-state index in [1.165, 1.54) is 11.1 Å². The molecule has 136 valence electrons. The minimum absolute atomic E-state index is 0. The van der Waals surface area contributed by atoms with E-state index in [0.29, 0.717) is 6.54 Å². The van der Waals surface area contributed by atoms with Crippen molar-refractivity contribution in [3.63, 3.8) is 0 Å². The topological polar surface area (TPSA) is 54.9 Å². The summed E-state index contributed by atoms with van der Waals surface area (Å²) in [6.45, 7) is 3.42. The molecule has 6 heteroatoms. The van der Waals surface area contributed by atoms with Crippen LogP contribution in [0.5, 0.6) is 11.5 Å². The van der Waals surface area contributed by atoms with E-state index in [1.807, 2.05) is 18.2 Å². The minimum atomic E-state index is 0. The molecule has 0 bridgehead atoms. The zero-order chi connectivity index (χ0) is 17.4. The number of hydrogen-bond donors (Lipinski definition) is 2. The number of guanidine groups is 1. The maximum Gasteiger partial charge on any atom is 0.191 e. The number of methoxy groups -OCH3 is 2. The van der Waals surface area contributed by atoms with Gasteiger partial charge in [-0.2, -0.15) is 0 Å². The van der Waals surface area contributed by atoms with Gasteiger partial charge in [0.05, 0.1) is 14.2 Å². The van der Waals surface area contributed by atoms with Crippen molar-refractivity contribution in [2.75, 3.05) is 21.3 Å². The number of hydrogen-bond acceptors (Lipinski definition) is 3. The Morgan fingerprint density at radius 2 is 1.64 bits per heavy atom. The maximum atomic E-state index is 5.41. The van der Waals surface area contributed by atoms with Gasteiger partial charge in [-0.05, 0) is 24.6 Å². The van der Waals surface area contributed by atoms with Gasteiger partial charge in [0.1, 0.15) is 11.5 Å². The van der Waals surface area contributed by atoms with E-state index < -0.39 is 0 Å². The smallest absolute Gasteiger partial charge is 0.191 e. The zero-order valence-corrected chi connectivity index (χ0v) is 17.5. The van der Waals surface area contributed by atoms with E-state index in [0.717, 1.165) is 29.6 Å². The molecule has 5 nitrogen and oxygen atoms in total. The first kappa shape index (κ1) is 21.1. The molecule has 0 aliphatic rings. The first-order chi connectivity index (χ1) is 11.7. The van der Waals surface area contributed by atoms with Gasteiger partial charge in [0.25, 0.3) is 0 Å². The molecule has 0 aliphatic heterocycles. The van der Waals surface area contributed by atoms with Gasteiger partial charge in [-0.1, -0.05) is 29.8 Å². The SMILES string of the molecule is CN=C(NCc1ccc(C)cc1)NCc1ccc(OC)cc1OC.I. The highest BCUT2D eigenvalue weighted by Crippen LogP contribution is 2.24. The molecule has 25 heavy (non-hydrogen) atoms. The second kappa shape index (κ2) is 10.8. The molecule has 0 spiro atoms. The van der Waals surface area contributed by atoms with Crippen molar-refractivity contribution in [3.8, 4) is 11.5 Å². The molecule has 0 heterocycles. The van der Waals surface area contributed by atoms with E-state index in [9.17, 15) is 0 Å². The Labute approximate surface area is 166 Å². The second-order valence-electron chi connectivity index (χ2n) is 5.44. The van der Waals surface area contributed by atoms with Gasteiger partial charge in [0.2, 0.25) is 0 Å². The molecule has 0 radical (unpaired) electrons. The van der Waals surface area contributed by atoms with Crippen LogP contribution in [0.2, 0.25) is 0 Å². The number of ether oxygens (including phenoxy) is 2. The number of nitrogens with one attached hydrogen (secondary N) is 2. The second-order valence-corrected chi connectivity index (χ2v) is 5.44. The van der Waals surface area contributed by atoms with Crippen LogP contribution >= 0.6 is 24.0 Å². The highest BCUT2D eigenvalue weighted by atomic mass is 127. The molecule has 0 saturated heterocycles. The minimum Gasteiger partial charge on any atom is -0.497 e. The van der Waals surface area contributed by atoms with Crippen LogP contribution < -0.4 is 20.1 Å². The number of benzene rings is 2. The Kier molecular flexibility index (Phi) is 9.12. The summed E-state index contributed by atoms with van der Waals surface area (Å²) in [6, 6.07) is 14.2. The summed E-state index contributed by atoms with van der Waals surface area (Å²) >= 11 is 0. The largest absolute Gasteiger partial charge is 0.497 e. The van der Waals surface area contributed by atoms with Gasteiger partial charge in [-0.25, -0.2) is 0 Å². The number of rotatable bonds is 6. The summed E-state index contributed by atoms with van der Waals surface area (Å²) < 4.78 is 10.6. The third kappa shape index (κ3) is 6.45. The lowest BCUT2D eigenvalue weighted by Gasteiger charge is -2.14. The predicted octanol–water partition coefficient (Wildman–Crippen LogP) is 3.50. The summed E-state index contributed by atoms with van der Waals surface area (Å²) in [5, 5.41) is 6.61.